The zero-order chi connectivity index (χ0) is 32.9. The fraction of sp³-hybridized carbons (Fsp3) is 0.289. The number of nitrogens with one attached hydrogen (secondary N) is 1. The normalized spacial score (nSPS) is 12.2. The number of hydrogen-bond acceptors (Lipinski definition) is 5. The number of carbonyl (C=O) groups is 3. The van der Waals surface area contributed by atoms with Crippen LogP contribution in [0.2, 0.25) is 0 Å². The van der Waals surface area contributed by atoms with Crippen LogP contribution in [0.4, 0.5) is 4.79 Å². The fourth-order valence-corrected chi connectivity index (χ4v) is 5.40. The molecule has 8 heteroatoms. The predicted molar refractivity (Wildman–Crippen MR) is 178 cm³/mol. The molecule has 0 bridgehead atoms. The minimum absolute atomic E-state index is 0.0149. The van der Waals surface area contributed by atoms with Gasteiger partial charge < -0.3 is 24.8 Å². The van der Waals surface area contributed by atoms with E-state index in [0.29, 0.717) is 17.9 Å². The third-order valence-electron chi connectivity index (χ3n) is 7.69. The van der Waals surface area contributed by atoms with Crippen molar-refractivity contribution in [1.29, 1.82) is 0 Å². The molecular weight excluding hydrogens is 580 g/mol. The van der Waals surface area contributed by atoms with Gasteiger partial charge in [0.05, 0.1) is 13.5 Å². The molecule has 0 fully saturated rings. The number of amides is 2. The van der Waals surface area contributed by atoms with Crippen LogP contribution in [0.3, 0.4) is 0 Å². The summed E-state index contributed by atoms with van der Waals surface area (Å²) < 4.78 is 11.0. The summed E-state index contributed by atoms with van der Waals surface area (Å²) in [7, 11) is 1.56. The van der Waals surface area contributed by atoms with Crippen molar-refractivity contribution in [2.75, 3.05) is 20.2 Å². The molecule has 0 aliphatic rings. The molecule has 1 unspecified atom stereocenters. The molecule has 0 heterocycles. The van der Waals surface area contributed by atoms with Gasteiger partial charge in [0.1, 0.15) is 17.9 Å². The summed E-state index contributed by atoms with van der Waals surface area (Å²) in [6.45, 7) is 4.47. The van der Waals surface area contributed by atoms with Crippen LogP contribution in [0.15, 0.2) is 109 Å². The third kappa shape index (κ3) is 9.44. The predicted octanol–water partition coefficient (Wildman–Crippen LogP) is 6.77. The lowest BCUT2D eigenvalue weighted by Gasteiger charge is -2.35. The minimum Gasteiger partial charge on any atom is -0.497 e. The van der Waals surface area contributed by atoms with Gasteiger partial charge in [0.15, 0.2) is 0 Å². The van der Waals surface area contributed by atoms with E-state index >= 15 is 0 Å². The Morgan fingerprint density at radius 2 is 1.43 bits per heavy atom. The lowest BCUT2D eigenvalue weighted by atomic mass is 9.82. The number of ether oxygens (including phenoxy) is 2. The van der Waals surface area contributed by atoms with Crippen molar-refractivity contribution in [1.82, 2.24) is 10.2 Å². The monoisotopic (exact) mass is 622 g/mol. The highest BCUT2D eigenvalue weighted by Crippen LogP contribution is 2.32. The first-order valence-electron chi connectivity index (χ1n) is 15.5. The zero-order valence-electron chi connectivity index (χ0n) is 26.6. The molecule has 0 saturated carbocycles. The molecule has 0 spiro atoms. The molecule has 2 N–H and O–H groups in total. The Bertz CT molecular complexity index is 1580. The smallest absolute Gasteiger partial charge is 0.330 e. The summed E-state index contributed by atoms with van der Waals surface area (Å²) in [6.07, 6.45) is -0.00616. The number of esters is 1. The van der Waals surface area contributed by atoms with Crippen molar-refractivity contribution in [2.24, 2.45) is 5.92 Å². The molecule has 1 atom stereocenters. The molecule has 0 radical (unpaired) electrons. The molecule has 240 valence electrons. The zero-order valence-corrected chi connectivity index (χ0v) is 26.6. The lowest BCUT2D eigenvalue weighted by Crippen LogP contribution is -2.61. The van der Waals surface area contributed by atoms with Gasteiger partial charge in [-0.05, 0) is 45.9 Å². The largest absolute Gasteiger partial charge is 0.497 e. The van der Waals surface area contributed by atoms with Gasteiger partial charge >= 0.3 is 18.0 Å². The van der Waals surface area contributed by atoms with Crippen molar-refractivity contribution in [2.45, 2.75) is 45.3 Å². The maximum atomic E-state index is 14.0. The van der Waals surface area contributed by atoms with Crippen LogP contribution in [-0.2, 0) is 33.8 Å². The molecule has 0 aliphatic carbocycles. The summed E-state index contributed by atoms with van der Waals surface area (Å²) in [6, 6.07) is 33.3. The van der Waals surface area contributed by atoms with E-state index in [4.69, 9.17) is 9.47 Å². The Balaban J connectivity index is 1.64. The summed E-state index contributed by atoms with van der Waals surface area (Å²) in [4.78, 5) is 41.5. The van der Waals surface area contributed by atoms with Crippen LogP contribution < -0.4 is 10.1 Å². The second kappa shape index (κ2) is 16.3. The van der Waals surface area contributed by atoms with Gasteiger partial charge in [-0.25, -0.2) is 9.59 Å². The molecule has 4 aromatic carbocycles. The maximum absolute atomic E-state index is 14.0. The number of hydrogen-bond donors (Lipinski definition) is 2. The van der Waals surface area contributed by atoms with E-state index in [2.05, 4.69) is 5.32 Å². The van der Waals surface area contributed by atoms with Crippen molar-refractivity contribution < 1.29 is 29.0 Å². The SMILES string of the molecule is COc1ccc(-c2ccccc2)c(CC(Cc2ccccc2)(NC(=O)N(CCC(=O)OCc2ccccc2)CC(C)C)C(=O)O)c1. The molecule has 0 aliphatic heterocycles. The van der Waals surface area contributed by atoms with Crippen LogP contribution in [0.1, 0.15) is 37.0 Å². The highest BCUT2D eigenvalue weighted by molar-refractivity contribution is 5.88. The Hall–Kier alpha value is -5.11. The van der Waals surface area contributed by atoms with E-state index in [0.717, 1.165) is 22.3 Å². The van der Waals surface area contributed by atoms with Crippen molar-refractivity contribution in [3.05, 3.63) is 126 Å². The van der Waals surface area contributed by atoms with Crippen LogP contribution in [0.25, 0.3) is 11.1 Å². The van der Waals surface area contributed by atoms with E-state index < -0.39 is 23.5 Å². The van der Waals surface area contributed by atoms with Crippen molar-refractivity contribution in [3.8, 4) is 16.9 Å². The highest BCUT2D eigenvalue weighted by Gasteiger charge is 2.42. The Morgan fingerprint density at radius 3 is 2.02 bits per heavy atom. The number of nitrogens with zero attached hydrogens (tertiary/aromatic N) is 1. The number of carboxylic acid groups (broad SMARTS) is 1. The van der Waals surface area contributed by atoms with E-state index in [1.807, 2.05) is 123 Å². The second-order valence-corrected chi connectivity index (χ2v) is 11.8. The molecule has 46 heavy (non-hydrogen) atoms. The molecule has 4 aromatic rings. The summed E-state index contributed by atoms with van der Waals surface area (Å²) >= 11 is 0. The van der Waals surface area contributed by atoms with Crippen LogP contribution in [0.5, 0.6) is 5.75 Å². The van der Waals surface area contributed by atoms with Gasteiger partial charge in [-0.3, -0.25) is 4.79 Å². The van der Waals surface area contributed by atoms with E-state index in [1.54, 1.807) is 7.11 Å². The first kappa shape index (κ1) is 33.8. The number of benzene rings is 4. The van der Waals surface area contributed by atoms with Crippen LogP contribution >= 0.6 is 0 Å². The van der Waals surface area contributed by atoms with E-state index in [9.17, 15) is 19.5 Å². The summed E-state index contributed by atoms with van der Waals surface area (Å²) in [5.41, 5.74) is 2.37. The number of methoxy groups -OCH3 is 1. The van der Waals surface area contributed by atoms with Gasteiger partial charge in [-0.15, -0.1) is 0 Å². The first-order chi connectivity index (χ1) is 22.2. The Kier molecular flexibility index (Phi) is 11.9. The van der Waals surface area contributed by atoms with Gasteiger partial charge in [-0.2, -0.15) is 0 Å². The van der Waals surface area contributed by atoms with Crippen LogP contribution in [0, 0.1) is 5.92 Å². The molecule has 4 rings (SSSR count). The van der Waals surface area contributed by atoms with Gasteiger partial charge in [-0.1, -0.05) is 111 Å². The number of carbonyl (C=O) groups excluding carboxylic acids is 2. The summed E-state index contributed by atoms with van der Waals surface area (Å²) in [5.74, 6) is -0.959. The number of urea groups is 1. The Labute approximate surface area is 271 Å². The van der Waals surface area contributed by atoms with Gasteiger partial charge in [0.2, 0.25) is 0 Å². The minimum atomic E-state index is -1.72. The van der Waals surface area contributed by atoms with Crippen LogP contribution in [-0.4, -0.2) is 53.7 Å². The summed E-state index contributed by atoms with van der Waals surface area (Å²) in [5, 5.41) is 13.8. The maximum Gasteiger partial charge on any atom is 0.330 e. The fourth-order valence-electron chi connectivity index (χ4n) is 5.40. The average Bonchev–Trinajstić information content (AvgIpc) is 3.06. The Morgan fingerprint density at radius 1 is 0.826 bits per heavy atom. The standard InChI is InChI=1S/C38H42N2O6/c1-28(2)26-40(22-21-35(41)46-27-30-15-9-5-10-16-30)37(44)39-38(36(42)43,24-29-13-7-4-8-14-29)25-32-23-33(45-3)19-20-34(32)31-17-11-6-12-18-31/h4-20,23,28H,21-22,24-27H2,1-3H3,(H,39,44)(H,42,43). The first-order valence-corrected chi connectivity index (χ1v) is 15.5. The van der Waals surface area contributed by atoms with Gasteiger partial charge in [0, 0.05) is 25.9 Å². The van der Waals surface area contributed by atoms with Crippen molar-refractivity contribution in [3.63, 3.8) is 0 Å². The molecule has 8 nitrogen and oxygen atoms in total. The van der Waals surface area contributed by atoms with E-state index in [-0.39, 0.29) is 38.3 Å². The average molecular weight is 623 g/mol. The number of aliphatic carboxylic acids is 1. The molecule has 0 aromatic heterocycles. The number of rotatable bonds is 15. The molecular formula is C38H42N2O6. The highest BCUT2D eigenvalue weighted by atomic mass is 16.5. The third-order valence-corrected chi connectivity index (χ3v) is 7.69. The lowest BCUT2D eigenvalue weighted by molar-refractivity contribution is -0.146. The second-order valence-electron chi connectivity index (χ2n) is 11.8. The van der Waals surface area contributed by atoms with E-state index in [1.165, 1.54) is 4.90 Å². The van der Waals surface area contributed by atoms with Gasteiger partial charge in [0.25, 0.3) is 0 Å². The topological polar surface area (TPSA) is 105 Å². The molecule has 2 amide bonds. The quantitative estimate of drug-likeness (QED) is 0.142. The molecule has 0 saturated heterocycles. The van der Waals surface area contributed by atoms with Crippen molar-refractivity contribution >= 4 is 18.0 Å². The number of carboxylic acids is 1.